The zero-order valence-corrected chi connectivity index (χ0v) is 43.5. The van der Waals surface area contributed by atoms with E-state index >= 15 is 8.78 Å². The number of terminal acetylenes is 1. The highest BCUT2D eigenvalue weighted by Gasteiger charge is 2.48. The normalized spacial score (nSPS) is 22.7. The first-order valence-corrected chi connectivity index (χ1v) is 27.2. The molecule has 402 valence electrons. The number of urea groups is 1. The molecule has 3 N–H and O–H groups in total. The van der Waals surface area contributed by atoms with Crippen LogP contribution in [0, 0.1) is 40.7 Å². The number of phenolic OH excluding ortho intramolecular Hbond substituents is 1. The van der Waals surface area contributed by atoms with Crippen molar-refractivity contribution in [1.29, 1.82) is 0 Å². The predicted octanol–water partition coefficient (Wildman–Crippen LogP) is 7.01. The molecule has 12 rings (SSSR count). The molecule has 7 fully saturated rings. The molecule has 0 radical (unpaired) electrons. The van der Waals surface area contributed by atoms with Crippen LogP contribution in [-0.2, 0) is 9.59 Å². The molecule has 2 aliphatic carbocycles. The monoisotopic (exact) mass is 1050 g/mol. The molecule has 3 aromatic carbocycles. The highest BCUT2D eigenvalue weighted by Crippen LogP contribution is 2.49. The van der Waals surface area contributed by atoms with E-state index in [4.69, 9.17) is 25.9 Å². The smallest absolute Gasteiger partial charge is 0.328 e. The number of halogens is 2. The SMILES string of the molecule is C#Cc1c(F)ccc2cc(O)cc(-c3ncc4c(N5CCCC6(CC(=O)N6)C5)nc(OCC5(CN6CCN(CC7CCC8(CC7)CCN(C(=O)c7ccc(OC)c(N9CCC(=O)NC9=O)c7)CC8)CC6)CC5)nc4c3F)c12. The average Bonchev–Trinajstić information content (AvgIpc) is 4.26. The number of anilines is 2. The molecule has 5 aromatic rings. The van der Waals surface area contributed by atoms with Crippen molar-refractivity contribution in [2.45, 2.75) is 82.6 Å². The number of phenols is 1. The van der Waals surface area contributed by atoms with Crippen LogP contribution < -0.4 is 29.9 Å². The predicted molar refractivity (Wildman–Crippen MR) is 285 cm³/mol. The van der Waals surface area contributed by atoms with E-state index < -0.39 is 23.2 Å². The minimum Gasteiger partial charge on any atom is -0.508 e. The molecule has 0 bridgehead atoms. The maximum Gasteiger partial charge on any atom is 0.328 e. The van der Waals surface area contributed by atoms with Gasteiger partial charge in [0.25, 0.3) is 5.91 Å². The number of rotatable bonds is 12. The number of nitrogens with one attached hydrogen (secondary N) is 2. The van der Waals surface area contributed by atoms with Crippen molar-refractivity contribution in [1.82, 2.24) is 40.3 Å². The summed E-state index contributed by atoms with van der Waals surface area (Å²) in [6.45, 7) is 8.98. The van der Waals surface area contributed by atoms with E-state index in [1.165, 1.54) is 68.2 Å². The molecular formula is C58H64F2N10O7. The Morgan fingerprint density at radius 2 is 1.66 bits per heavy atom. The van der Waals surface area contributed by atoms with Gasteiger partial charge in [-0.3, -0.25) is 29.6 Å². The summed E-state index contributed by atoms with van der Waals surface area (Å²) in [4.78, 5) is 75.2. The molecule has 5 saturated heterocycles. The minimum absolute atomic E-state index is 0.00105. The summed E-state index contributed by atoms with van der Waals surface area (Å²) in [5.41, 5.74) is 0.643. The molecule has 5 amide bonds. The number of aromatic nitrogens is 3. The maximum atomic E-state index is 17.2. The summed E-state index contributed by atoms with van der Waals surface area (Å²) in [5, 5.41) is 17.2. The fourth-order valence-electron chi connectivity index (χ4n) is 13.3. The van der Waals surface area contributed by atoms with Crippen LogP contribution in [-0.4, -0.2) is 150 Å². The van der Waals surface area contributed by atoms with E-state index in [0.29, 0.717) is 78.7 Å². The molecule has 17 nitrogen and oxygen atoms in total. The summed E-state index contributed by atoms with van der Waals surface area (Å²) in [6.07, 6.45) is 18.1. The number of likely N-dealkylation sites (tertiary alicyclic amines) is 1. The lowest BCUT2D eigenvalue weighted by Crippen LogP contribution is -2.68. The largest absolute Gasteiger partial charge is 0.508 e. The molecule has 77 heavy (non-hydrogen) atoms. The van der Waals surface area contributed by atoms with E-state index in [1.54, 1.807) is 18.2 Å². The van der Waals surface area contributed by atoms with E-state index in [2.05, 4.69) is 36.2 Å². The van der Waals surface area contributed by atoms with E-state index in [-0.39, 0.29) is 81.0 Å². The number of carbonyl (C=O) groups excluding carboxylic acids is 4. The third kappa shape index (κ3) is 9.83. The van der Waals surface area contributed by atoms with Crippen LogP contribution in [0.5, 0.6) is 17.5 Å². The molecular weight excluding hydrogens is 987 g/mol. The first-order chi connectivity index (χ1) is 37.2. The average molecular weight is 1050 g/mol. The molecule has 5 aliphatic heterocycles. The molecule has 1 unspecified atom stereocenters. The van der Waals surface area contributed by atoms with Gasteiger partial charge in [-0.2, -0.15) is 9.97 Å². The van der Waals surface area contributed by atoms with Gasteiger partial charge in [0.1, 0.15) is 34.3 Å². The summed E-state index contributed by atoms with van der Waals surface area (Å²) in [7, 11) is 1.52. The second kappa shape index (κ2) is 20.0. The first-order valence-electron chi connectivity index (χ1n) is 27.2. The Morgan fingerprint density at radius 1 is 0.896 bits per heavy atom. The van der Waals surface area contributed by atoms with Gasteiger partial charge in [-0.1, -0.05) is 12.0 Å². The topological polar surface area (TPSA) is 186 Å². The van der Waals surface area contributed by atoms with Crippen LogP contribution in [0.15, 0.2) is 48.7 Å². The van der Waals surface area contributed by atoms with Gasteiger partial charge in [-0.05, 0) is 117 Å². The van der Waals surface area contributed by atoms with Gasteiger partial charge in [0, 0.05) is 107 Å². The van der Waals surface area contributed by atoms with Crippen molar-refractivity contribution in [2.75, 3.05) is 95.5 Å². The van der Waals surface area contributed by atoms with Crippen molar-refractivity contribution < 1.29 is 42.5 Å². The zero-order chi connectivity index (χ0) is 53.2. The number of hydrogen-bond acceptors (Lipinski definition) is 13. The van der Waals surface area contributed by atoms with Gasteiger partial charge in [-0.25, -0.2) is 13.6 Å². The summed E-state index contributed by atoms with van der Waals surface area (Å²) in [6, 6.07) is 10.2. The van der Waals surface area contributed by atoms with E-state index in [9.17, 15) is 24.3 Å². The van der Waals surface area contributed by atoms with Crippen molar-refractivity contribution in [3.05, 3.63) is 71.4 Å². The van der Waals surface area contributed by atoms with Crippen LogP contribution in [0.4, 0.5) is 25.1 Å². The Balaban J connectivity index is 0.664. The first kappa shape index (κ1) is 50.6. The van der Waals surface area contributed by atoms with Gasteiger partial charge < -0.3 is 39.5 Å². The van der Waals surface area contributed by atoms with Gasteiger partial charge >= 0.3 is 12.0 Å². The lowest BCUT2D eigenvalue weighted by atomic mass is 9.65. The van der Waals surface area contributed by atoms with Crippen LogP contribution >= 0.6 is 0 Å². The summed E-state index contributed by atoms with van der Waals surface area (Å²) >= 11 is 0. The van der Waals surface area contributed by atoms with E-state index in [0.717, 1.165) is 77.8 Å². The van der Waals surface area contributed by atoms with Gasteiger partial charge in [0.2, 0.25) is 11.8 Å². The standard InChI is InChI=1S/C58H64F2N10O7/c1-3-40-43(59)7-5-37-27-39(71)29-41(48(37)40)50-49(60)51-42(31-61-50)52(69-19-4-12-58(34-69)30-47(73)65-58)64-54(63-51)77-35-57(15-16-57)33-67-25-23-66(24-26-67)32-36-9-13-56(14-10-36)17-21-68(22-18-56)53(74)38-6-8-45(76-2)44(28-38)70-20-11-46(72)62-55(70)75/h1,5-8,27-29,31,36,71H,4,9-26,30,32-35H2,2H3,(H,65,73)(H,62,72,75). The lowest BCUT2D eigenvalue weighted by Gasteiger charge is -2.49. The third-order valence-corrected chi connectivity index (χ3v) is 17.9. The number of β-lactam (4-membered cyclic amide) rings is 1. The number of piperazine rings is 1. The third-order valence-electron chi connectivity index (χ3n) is 17.9. The van der Waals surface area contributed by atoms with E-state index in [1.807, 2.05) is 4.90 Å². The van der Waals surface area contributed by atoms with Crippen LogP contribution in [0.2, 0.25) is 0 Å². The zero-order valence-electron chi connectivity index (χ0n) is 43.5. The van der Waals surface area contributed by atoms with Crippen molar-refractivity contribution >= 4 is 56.9 Å². The number of ether oxygens (including phenoxy) is 2. The quantitative estimate of drug-likeness (QED) is 0.0857. The number of piperidine rings is 2. The molecule has 2 saturated carbocycles. The fraction of sp³-hybridized carbons (Fsp3) is 0.500. The second-order valence-electron chi connectivity index (χ2n) is 22.9. The number of imide groups is 1. The van der Waals surface area contributed by atoms with Crippen LogP contribution in [0.25, 0.3) is 32.9 Å². The molecule has 2 aromatic heterocycles. The lowest BCUT2D eigenvalue weighted by molar-refractivity contribution is -0.133. The van der Waals surface area contributed by atoms with Gasteiger partial charge in [-0.15, -0.1) is 6.42 Å². The molecule has 1 atom stereocenters. The number of pyridine rings is 1. The van der Waals surface area contributed by atoms with Gasteiger partial charge in [0.15, 0.2) is 5.82 Å². The van der Waals surface area contributed by atoms with Gasteiger partial charge in [0.05, 0.1) is 42.3 Å². The summed E-state index contributed by atoms with van der Waals surface area (Å²) in [5.74, 6) is 2.00. The maximum absolute atomic E-state index is 17.2. The number of amides is 5. The number of fused-ring (bicyclic) bond motifs is 2. The highest BCUT2D eigenvalue weighted by molar-refractivity contribution is 6.07. The Hall–Kier alpha value is -7.17. The van der Waals surface area contributed by atoms with Crippen molar-refractivity contribution in [3.63, 3.8) is 0 Å². The Kier molecular flexibility index (Phi) is 13.2. The fourth-order valence-corrected chi connectivity index (χ4v) is 13.3. The number of nitrogens with zero attached hydrogens (tertiary/aromatic N) is 8. The number of aromatic hydroxyl groups is 1. The van der Waals surface area contributed by atoms with Crippen LogP contribution in [0.1, 0.15) is 93.0 Å². The minimum atomic E-state index is -0.783. The molecule has 7 aliphatic rings. The number of benzene rings is 3. The van der Waals surface area contributed by atoms with Crippen LogP contribution in [0.3, 0.4) is 0 Å². The Labute approximate surface area is 445 Å². The molecule has 7 heterocycles. The number of carbonyl (C=O) groups is 4. The molecule has 2 spiro atoms. The second-order valence-corrected chi connectivity index (χ2v) is 22.9. The number of methoxy groups -OCH3 is 1. The Bertz CT molecular complexity index is 3240. The number of hydrogen-bond donors (Lipinski definition) is 3. The van der Waals surface area contributed by atoms with Crippen molar-refractivity contribution in [2.24, 2.45) is 16.7 Å². The summed E-state index contributed by atoms with van der Waals surface area (Å²) < 4.78 is 44.4. The highest BCUT2D eigenvalue weighted by atomic mass is 19.1. The molecule has 19 heteroatoms. The Morgan fingerprint density at radius 3 is 2.38 bits per heavy atom. The van der Waals surface area contributed by atoms with Crippen molar-refractivity contribution in [3.8, 4) is 41.1 Å².